The Hall–Kier alpha value is -0.770. The van der Waals surface area contributed by atoms with Gasteiger partial charge in [-0.1, -0.05) is 31.4 Å². The molecule has 0 N–H and O–H groups in total. The highest BCUT2D eigenvalue weighted by Gasteiger charge is 2.13. The number of alkyl halides is 1. The number of terminal acetylenes is 1. The van der Waals surface area contributed by atoms with Crippen LogP contribution >= 0.6 is 0 Å². The molecule has 0 nitrogen and oxygen atoms in total. The molecule has 2 unspecified atom stereocenters. The van der Waals surface area contributed by atoms with E-state index in [1.54, 1.807) is 0 Å². The molecular weight excluding hydrogens is 139 g/mol. The Labute approximate surface area is 68.5 Å². The van der Waals surface area contributed by atoms with Gasteiger partial charge in [-0.05, 0) is 13.3 Å². The molecule has 0 aliphatic carbocycles. The van der Waals surface area contributed by atoms with Crippen LogP contribution in [0.15, 0.2) is 11.6 Å². The highest BCUT2D eigenvalue weighted by molar-refractivity contribution is 5.10. The molecule has 0 heterocycles. The molecule has 0 aliphatic rings. The lowest BCUT2D eigenvalue weighted by Gasteiger charge is -2.11. The van der Waals surface area contributed by atoms with E-state index in [0.717, 1.165) is 12.0 Å². The molecule has 11 heavy (non-hydrogen) atoms. The third-order valence-corrected chi connectivity index (χ3v) is 1.84. The molecule has 0 aromatic heterocycles. The molecule has 0 saturated heterocycles. The lowest BCUT2D eigenvalue weighted by atomic mass is 9.97. The van der Waals surface area contributed by atoms with Gasteiger partial charge in [0.1, 0.15) is 0 Å². The standard InChI is InChI=1S/C10H15F/c1-5-7-8(3)9(4)10(11)6-2/h2,7,9-10H,5H2,1,3-4H3/b8-7-. The summed E-state index contributed by atoms with van der Waals surface area (Å²) in [5, 5.41) is 0. The Morgan fingerprint density at radius 2 is 2.27 bits per heavy atom. The summed E-state index contributed by atoms with van der Waals surface area (Å²) in [5.41, 5.74) is 1.04. The van der Waals surface area contributed by atoms with Crippen molar-refractivity contribution in [1.29, 1.82) is 0 Å². The Morgan fingerprint density at radius 1 is 1.73 bits per heavy atom. The van der Waals surface area contributed by atoms with E-state index in [2.05, 4.69) is 5.92 Å². The maximum atomic E-state index is 12.8. The van der Waals surface area contributed by atoms with Crippen LogP contribution in [0.3, 0.4) is 0 Å². The summed E-state index contributed by atoms with van der Waals surface area (Å²) >= 11 is 0. The van der Waals surface area contributed by atoms with E-state index in [4.69, 9.17) is 6.42 Å². The van der Waals surface area contributed by atoms with Gasteiger partial charge in [0.15, 0.2) is 6.17 Å². The monoisotopic (exact) mass is 154 g/mol. The van der Waals surface area contributed by atoms with E-state index < -0.39 is 6.17 Å². The molecule has 0 fully saturated rings. The number of rotatable bonds is 3. The van der Waals surface area contributed by atoms with Gasteiger partial charge in [0, 0.05) is 5.92 Å². The summed E-state index contributed by atoms with van der Waals surface area (Å²) in [5.74, 6) is 1.96. The number of allylic oxidation sites excluding steroid dienone is 2. The minimum Gasteiger partial charge on any atom is -0.233 e. The van der Waals surface area contributed by atoms with Gasteiger partial charge in [-0.25, -0.2) is 4.39 Å². The maximum Gasteiger partial charge on any atom is 0.166 e. The molecule has 1 heteroatoms. The Morgan fingerprint density at radius 3 is 2.64 bits per heavy atom. The van der Waals surface area contributed by atoms with Crippen LogP contribution < -0.4 is 0 Å². The SMILES string of the molecule is C#CC(F)C(C)/C(C)=C\CC. The van der Waals surface area contributed by atoms with Crippen LogP contribution in [-0.4, -0.2) is 6.17 Å². The second-order valence-electron chi connectivity index (χ2n) is 2.71. The van der Waals surface area contributed by atoms with Crippen LogP contribution in [-0.2, 0) is 0 Å². The van der Waals surface area contributed by atoms with Gasteiger partial charge in [-0.2, -0.15) is 0 Å². The van der Waals surface area contributed by atoms with Gasteiger partial charge in [0.25, 0.3) is 0 Å². The van der Waals surface area contributed by atoms with E-state index in [0.29, 0.717) is 0 Å². The summed E-state index contributed by atoms with van der Waals surface area (Å²) in [6.07, 6.45) is 6.76. The van der Waals surface area contributed by atoms with Crippen LogP contribution in [0.5, 0.6) is 0 Å². The van der Waals surface area contributed by atoms with E-state index in [1.807, 2.05) is 26.8 Å². The van der Waals surface area contributed by atoms with Crippen molar-refractivity contribution in [2.45, 2.75) is 33.4 Å². The molecule has 62 valence electrons. The molecule has 0 radical (unpaired) electrons. The van der Waals surface area contributed by atoms with Crippen molar-refractivity contribution in [1.82, 2.24) is 0 Å². The van der Waals surface area contributed by atoms with Crippen LogP contribution in [0.4, 0.5) is 4.39 Å². The molecular formula is C10H15F. The average molecular weight is 154 g/mol. The van der Waals surface area contributed by atoms with Gasteiger partial charge < -0.3 is 0 Å². The summed E-state index contributed by atoms with van der Waals surface area (Å²) < 4.78 is 12.8. The molecule has 0 bridgehead atoms. The topological polar surface area (TPSA) is 0 Å². The number of halogens is 1. The van der Waals surface area contributed by atoms with Crippen LogP contribution in [0.1, 0.15) is 27.2 Å². The van der Waals surface area contributed by atoms with Gasteiger partial charge >= 0.3 is 0 Å². The first-order valence-corrected chi connectivity index (χ1v) is 3.90. The number of hydrogen-bond donors (Lipinski definition) is 0. The third-order valence-electron chi connectivity index (χ3n) is 1.84. The summed E-state index contributed by atoms with van der Waals surface area (Å²) in [6, 6.07) is 0. The predicted octanol–water partition coefficient (Wildman–Crippen LogP) is 2.95. The van der Waals surface area contributed by atoms with Crippen molar-refractivity contribution in [2.75, 3.05) is 0 Å². The average Bonchev–Trinajstić information content (AvgIpc) is 2.02. The lowest BCUT2D eigenvalue weighted by Crippen LogP contribution is -2.11. The summed E-state index contributed by atoms with van der Waals surface area (Å²) in [4.78, 5) is 0. The first kappa shape index (κ1) is 10.2. The third kappa shape index (κ3) is 3.23. The zero-order chi connectivity index (χ0) is 8.85. The zero-order valence-corrected chi connectivity index (χ0v) is 7.39. The Bertz CT molecular complexity index is 174. The van der Waals surface area contributed by atoms with E-state index in [1.165, 1.54) is 0 Å². The molecule has 0 aromatic carbocycles. The van der Waals surface area contributed by atoms with Crippen molar-refractivity contribution >= 4 is 0 Å². The summed E-state index contributed by atoms with van der Waals surface area (Å²) in [7, 11) is 0. The molecule has 0 spiro atoms. The minimum absolute atomic E-state index is 0.139. The van der Waals surface area contributed by atoms with E-state index in [9.17, 15) is 4.39 Å². The van der Waals surface area contributed by atoms with Crippen molar-refractivity contribution in [3.8, 4) is 12.3 Å². The van der Waals surface area contributed by atoms with Crippen molar-refractivity contribution < 1.29 is 4.39 Å². The highest BCUT2D eigenvalue weighted by atomic mass is 19.1. The van der Waals surface area contributed by atoms with Crippen molar-refractivity contribution in [2.24, 2.45) is 5.92 Å². The van der Waals surface area contributed by atoms with Gasteiger partial charge in [0.05, 0.1) is 0 Å². The van der Waals surface area contributed by atoms with Gasteiger partial charge in [-0.15, -0.1) is 6.42 Å². The molecule has 0 aromatic rings. The molecule has 0 amide bonds. The zero-order valence-electron chi connectivity index (χ0n) is 7.39. The predicted molar refractivity (Wildman–Crippen MR) is 46.9 cm³/mol. The molecule has 0 aliphatic heterocycles. The van der Waals surface area contributed by atoms with Gasteiger partial charge in [-0.3, -0.25) is 0 Å². The molecule has 0 saturated carbocycles. The van der Waals surface area contributed by atoms with Crippen molar-refractivity contribution in [3.05, 3.63) is 11.6 Å². The second kappa shape index (κ2) is 4.96. The molecule has 0 rings (SSSR count). The second-order valence-corrected chi connectivity index (χ2v) is 2.71. The van der Waals surface area contributed by atoms with Crippen LogP contribution in [0.2, 0.25) is 0 Å². The fraction of sp³-hybridized carbons (Fsp3) is 0.600. The Balaban J connectivity index is 4.14. The van der Waals surface area contributed by atoms with Gasteiger partial charge in [0.2, 0.25) is 0 Å². The highest BCUT2D eigenvalue weighted by Crippen LogP contribution is 2.16. The number of hydrogen-bond acceptors (Lipinski definition) is 0. The first-order chi connectivity index (χ1) is 5.13. The van der Waals surface area contributed by atoms with Crippen LogP contribution in [0, 0.1) is 18.3 Å². The lowest BCUT2D eigenvalue weighted by molar-refractivity contribution is 0.338. The fourth-order valence-electron chi connectivity index (χ4n) is 0.883. The summed E-state index contributed by atoms with van der Waals surface area (Å²) in [6.45, 7) is 5.75. The first-order valence-electron chi connectivity index (χ1n) is 3.90. The maximum absolute atomic E-state index is 12.8. The normalized spacial score (nSPS) is 17.2. The minimum atomic E-state index is -1.14. The van der Waals surface area contributed by atoms with Crippen molar-refractivity contribution in [3.63, 3.8) is 0 Å². The van der Waals surface area contributed by atoms with E-state index in [-0.39, 0.29) is 5.92 Å². The molecule has 2 atom stereocenters. The largest absolute Gasteiger partial charge is 0.233 e. The fourth-order valence-corrected chi connectivity index (χ4v) is 0.883. The van der Waals surface area contributed by atoms with Crippen LogP contribution in [0.25, 0.3) is 0 Å². The van der Waals surface area contributed by atoms with E-state index >= 15 is 0 Å². The quantitative estimate of drug-likeness (QED) is 0.433. The Kier molecular flexibility index (Phi) is 4.61. The smallest absolute Gasteiger partial charge is 0.166 e.